The van der Waals surface area contributed by atoms with Crippen molar-refractivity contribution in [2.45, 2.75) is 79.2 Å². The maximum absolute atomic E-state index is 6.50. The van der Waals surface area contributed by atoms with Gasteiger partial charge in [-0.1, -0.05) is 71.9 Å². The van der Waals surface area contributed by atoms with Crippen molar-refractivity contribution in [1.29, 1.82) is 0 Å². The number of rotatable bonds is 10. The molecule has 0 saturated carbocycles. The lowest BCUT2D eigenvalue weighted by Gasteiger charge is -2.28. The van der Waals surface area contributed by atoms with Gasteiger partial charge in [0, 0.05) is 13.7 Å². The van der Waals surface area contributed by atoms with Crippen LogP contribution in [0.1, 0.15) is 59.2 Å². The number of benzene rings is 1. The normalized spacial score (nSPS) is 13.1. The van der Waals surface area contributed by atoms with Crippen LogP contribution in [0.25, 0.3) is 16.8 Å². The third kappa shape index (κ3) is 5.88. The van der Waals surface area contributed by atoms with Gasteiger partial charge in [-0.3, -0.25) is 0 Å². The molecule has 0 saturated heterocycles. The summed E-state index contributed by atoms with van der Waals surface area (Å²) in [5.41, 5.74) is 6.38. The molecule has 0 aliphatic rings. The third-order valence-electron chi connectivity index (χ3n) is 5.49. The van der Waals surface area contributed by atoms with Crippen molar-refractivity contribution in [1.82, 2.24) is 14.6 Å². The molecule has 0 bridgehead atoms. The van der Waals surface area contributed by atoms with Crippen molar-refractivity contribution in [3.8, 4) is 11.3 Å². The molecule has 174 valence electrons. The maximum Gasteiger partial charge on any atom is 0.225 e. The minimum absolute atomic E-state index is 0.175. The lowest BCUT2D eigenvalue weighted by molar-refractivity contribution is 0.300. The minimum atomic E-state index is -0.469. The number of hydrogen-bond donors (Lipinski definition) is 1. The molecule has 0 aliphatic carbocycles. The summed E-state index contributed by atoms with van der Waals surface area (Å²) in [5.74, 6) is 1.34. The van der Waals surface area contributed by atoms with Gasteiger partial charge in [0.2, 0.25) is 5.95 Å². The minimum Gasteiger partial charge on any atom is -0.357 e. The number of aryl methyl sites for hydroxylation is 2. The van der Waals surface area contributed by atoms with E-state index in [9.17, 15) is 0 Å². The van der Waals surface area contributed by atoms with Gasteiger partial charge in [0.15, 0.2) is 0 Å². The van der Waals surface area contributed by atoms with Gasteiger partial charge in [-0.2, -0.15) is 9.61 Å². The number of nitrogens with zero attached hydrogens (tertiary/aromatic N) is 3. The Bertz CT molecular complexity index is 1010. The number of aromatic nitrogens is 3. The molecule has 0 aliphatic heterocycles. The van der Waals surface area contributed by atoms with E-state index >= 15 is 0 Å². The van der Waals surface area contributed by atoms with Crippen molar-refractivity contribution < 1.29 is 4.52 Å². The first-order valence-electron chi connectivity index (χ1n) is 11.8. The van der Waals surface area contributed by atoms with Crippen molar-refractivity contribution in [2.75, 3.05) is 11.9 Å². The zero-order valence-electron chi connectivity index (χ0n) is 20.9. The van der Waals surface area contributed by atoms with Crippen LogP contribution in [0.15, 0.2) is 36.4 Å². The molecule has 1 aromatic carbocycles. The molecule has 5 nitrogen and oxygen atoms in total. The average Bonchev–Trinajstić information content (AvgIpc) is 3.06. The zero-order chi connectivity index (χ0) is 23.4. The lowest BCUT2D eigenvalue weighted by Crippen LogP contribution is -2.28. The van der Waals surface area contributed by atoms with Gasteiger partial charge in [0.05, 0.1) is 23.9 Å². The maximum atomic E-state index is 6.50. The van der Waals surface area contributed by atoms with Crippen LogP contribution in [0.3, 0.4) is 0 Å². The zero-order valence-corrected chi connectivity index (χ0v) is 21.8. The summed E-state index contributed by atoms with van der Waals surface area (Å²) >= 11 is 0. The highest BCUT2D eigenvalue weighted by Gasteiger charge is 2.23. The molecule has 0 spiro atoms. The van der Waals surface area contributed by atoms with E-state index in [-0.39, 0.29) is 6.04 Å². The van der Waals surface area contributed by atoms with Gasteiger partial charge in [0.25, 0.3) is 0 Å². The van der Waals surface area contributed by atoms with Gasteiger partial charge >= 0.3 is 0 Å². The van der Waals surface area contributed by atoms with E-state index in [0.717, 1.165) is 34.8 Å². The van der Waals surface area contributed by atoms with Gasteiger partial charge in [-0.15, -0.1) is 0 Å². The van der Waals surface area contributed by atoms with Crippen LogP contribution in [-0.4, -0.2) is 38.6 Å². The van der Waals surface area contributed by atoms with Gasteiger partial charge in [0.1, 0.15) is 5.69 Å². The molecule has 1 atom stereocenters. The van der Waals surface area contributed by atoms with Crippen LogP contribution in [0.2, 0.25) is 0 Å². The number of imidazole rings is 1. The standard InChI is InChI=1S/C26H39N4OP/c1-17(2)14-23(16-31-32(18(3)4)19(5)6)27-26-28-24(22-12-10-9-11-13-22)25-20(7)15-21(8)29-30(25)26/h9-13,15,17-19,23H,14,16H2,1-8H3,(H,27,28). The number of fused-ring (bicyclic) bond motifs is 1. The molecule has 1 unspecified atom stereocenters. The summed E-state index contributed by atoms with van der Waals surface area (Å²) in [6.45, 7) is 18.4. The monoisotopic (exact) mass is 454 g/mol. The fourth-order valence-electron chi connectivity index (χ4n) is 4.31. The Morgan fingerprint density at radius 1 is 1.00 bits per heavy atom. The number of anilines is 1. The number of hydrogen-bond acceptors (Lipinski definition) is 4. The molecule has 0 fully saturated rings. The SMILES string of the molecule is Cc1cc(C)c2c(-c3ccccc3)nc(NC(COP(C(C)C)C(C)C)CC(C)C)n2n1. The highest BCUT2D eigenvalue weighted by molar-refractivity contribution is 7.54. The van der Waals surface area contributed by atoms with Crippen molar-refractivity contribution in [3.05, 3.63) is 47.7 Å². The smallest absolute Gasteiger partial charge is 0.225 e. The van der Waals surface area contributed by atoms with Gasteiger partial charge in [-0.05, 0) is 49.1 Å². The Balaban J connectivity index is 1.97. The Morgan fingerprint density at radius 2 is 1.66 bits per heavy atom. The summed E-state index contributed by atoms with van der Waals surface area (Å²) in [4.78, 5) is 5.05. The van der Waals surface area contributed by atoms with Crippen molar-refractivity contribution in [2.24, 2.45) is 5.92 Å². The highest BCUT2D eigenvalue weighted by Crippen LogP contribution is 2.47. The van der Waals surface area contributed by atoms with E-state index in [1.165, 1.54) is 5.56 Å². The fraction of sp³-hybridized carbons (Fsp3) is 0.538. The first-order valence-corrected chi connectivity index (χ1v) is 13.2. The molecule has 1 N–H and O–H groups in total. The fourth-order valence-corrected chi connectivity index (χ4v) is 6.45. The third-order valence-corrected chi connectivity index (χ3v) is 7.97. The Kier molecular flexibility index (Phi) is 8.30. The van der Waals surface area contributed by atoms with Crippen LogP contribution in [0.4, 0.5) is 5.95 Å². The second-order valence-electron chi connectivity index (χ2n) is 9.69. The van der Waals surface area contributed by atoms with Crippen LogP contribution in [0, 0.1) is 19.8 Å². The predicted octanol–water partition coefficient (Wildman–Crippen LogP) is 7.07. The van der Waals surface area contributed by atoms with Crippen LogP contribution >= 0.6 is 8.15 Å². The molecule has 0 amide bonds. The van der Waals surface area contributed by atoms with E-state index in [2.05, 4.69) is 84.1 Å². The lowest BCUT2D eigenvalue weighted by atomic mass is 10.0. The summed E-state index contributed by atoms with van der Waals surface area (Å²) in [5, 5.41) is 8.53. The summed E-state index contributed by atoms with van der Waals surface area (Å²) in [6.07, 6.45) is 1.01. The first kappa shape index (κ1) is 24.7. The first-order chi connectivity index (χ1) is 15.2. The molecule has 32 heavy (non-hydrogen) atoms. The van der Waals surface area contributed by atoms with E-state index in [1.807, 2.05) is 17.5 Å². The predicted molar refractivity (Wildman–Crippen MR) is 138 cm³/mol. The summed E-state index contributed by atoms with van der Waals surface area (Å²) < 4.78 is 8.48. The molecule has 6 heteroatoms. The highest BCUT2D eigenvalue weighted by atomic mass is 31.1. The van der Waals surface area contributed by atoms with Gasteiger partial charge in [-0.25, -0.2) is 4.98 Å². The van der Waals surface area contributed by atoms with Gasteiger partial charge < -0.3 is 9.84 Å². The summed E-state index contributed by atoms with van der Waals surface area (Å²) in [6, 6.07) is 12.7. The Labute approximate surface area is 194 Å². The second-order valence-corrected chi connectivity index (χ2v) is 12.7. The van der Waals surface area contributed by atoms with E-state index in [0.29, 0.717) is 23.8 Å². The number of nitrogens with one attached hydrogen (secondary N) is 1. The van der Waals surface area contributed by atoms with Crippen molar-refractivity contribution in [3.63, 3.8) is 0 Å². The van der Waals surface area contributed by atoms with E-state index in [1.54, 1.807) is 0 Å². The topological polar surface area (TPSA) is 51.5 Å². The van der Waals surface area contributed by atoms with E-state index < -0.39 is 8.15 Å². The summed E-state index contributed by atoms with van der Waals surface area (Å²) in [7, 11) is -0.469. The molecule has 0 radical (unpaired) electrons. The largest absolute Gasteiger partial charge is 0.357 e. The molecular weight excluding hydrogens is 415 g/mol. The molecule has 3 rings (SSSR count). The van der Waals surface area contributed by atoms with Crippen molar-refractivity contribution >= 4 is 19.6 Å². The molecule has 2 heterocycles. The Hall–Kier alpha value is -1.97. The molecule has 3 aromatic rings. The second kappa shape index (κ2) is 10.8. The molecule has 2 aromatic heterocycles. The Morgan fingerprint density at radius 3 is 2.25 bits per heavy atom. The van der Waals surface area contributed by atoms with Crippen LogP contribution in [0.5, 0.6) is 0 Å². The molecular formula is C26H39N4OP. The average molecular weight is 455 g/mol. The van der Waals surface area contributed by atoms with E-state index in [4.69, 9.17) is 14.6 Å². The quantitative estimate of drug-likeness (QED) is 0.333. The van der Waals surface area contributed by atoms with Crippen LogP contribution in [-0.2, 0) is 4.52 Å². The van der Waals surface area contributed by atoms with Crippen LogP contribution < -0.4 is 5.32 Å².